The summed E-state index contributed by atoms with van der Waals surface area (Å²) in [5.74, 6) is 0.936. The van der Waals surface area contributed by atoms with Crippen LogP contribution in [0, 0.1) is 5.92 Å². The second kappa shape index (κ2) is 13.0. The van der Waals surface area contributed by atoms with Gasteiger partial charge in [0, 0.05) is 54.9 Å². The number of benzene rings is 4. The van der Waals surface area contributed by atoms with Crippen molar-refractivity contribution in [3.8, 4) is 11.1 Å². The van der Waals surface area contributed by atoms with Gasteiger partial charge in [-0.2, -0.15) is 18.3 Å². The summed E-state index contributed by atoms with van der Waals surface area (Å²) in [5.41, 5.74) is 4.47. The molecule has 1 saturated heterocycles. The van der Waals surface area contributed by atoms with Crippen LogP contribution in [0.15, 0.2) is 146 Å². The van der Waals surface area contributed by atoms with E-state index in [4.69, 9.17) is 10.1 Å². The second-order valence-electron chi connectivity index (χ2n) is 12.8. The molecule has 2 aromatic heterocycles. The zero-order valence-electron chi connectivity index (χ0n) is 27.3. The van der Waals surface area contributed by atoms with Gasteiger partial charge in [0.15, 0.2) is 0 Å². The molecule has 1 atom stereocenters. The van der Waals surface area contributed by atoms with Crippen molar-refractivity contribution >= 4 is 22.4 Å². The maximum atomic E-state index is 13.4. The van der Waals surface area contributed by atoms with Crippen molar-refractivity contribution in [1.82, 2.24) is 19.7 Å². The third kappa shape index (κ3) is 5.72. The van der Waals surface area contributed by atoms with Crippen LogP contribution >= 0.6 is 0 Å². The van der Waals surface area contributed by atoms with E-state index in [1.54, 1.807) is 12.4 Å². The van der Waals surface area contributed by atoms with Crippen LogP contribution in [0.25, 0.3) is 22.0 Å². The summed E-state index contributed by atoms with van der Waals surface area (Å²) in [6, 6.07) is 33.0. The number of piperazine rings is 1. The quantitative estimate of drug-likeness (QED) is 0.170. The minimum absolute atomic E-state index is 0.122. The van der Waals surface area contributed by atoms with E-state index in [-0.39, 0.29) is 5.92 Å². The summed E-state index contributed by atoms with van der Waals surface area (Å²) in [6.07, 6.45) is 10.9. The van der Waals surface area contributed by atoms with Crippen LogP contribution in [-0.4, -0.2) is 45.9 Å². The molecule has 0 radical (unpaired) electrons. The number of fused-ring (bicyclic) bond motifs is 1. The van der Waals surface area contributed by atoms with E-state index in [0.717, 1.165) is 51.5 Å². The molecule has 1 aliphatic carbocycles. The largest absolute Gasteiger partial charge is 0.416 e. The van der Waals surface area contributed by atoms with Crippen LogP contribution in [0.4, 0.5) is 24.7 Å². The van der Waals surface area contributed by atoms with Crippen molar-refractivity contribution in [1.29, 1.82) is 0 Å². The molecule has 6 aromatic rings. The fourth-order valence-corrected chi connectivity index (χ4v) is 7.50. The van der Waals surface area contributed by atoms with Gasteiger partial charge in [-0.25, -0.2) is 9.97 Å². The molecule has 0 saturated carbocycles. The molecule has 250 valence electrons. The maximum absolute atomic E-state index is 13.4. The lowest BCUT2D eigenvalue weighted by Crippen LogP contribution is -2.47. The first-order valence-electron chi connectivity index (χ1n) is 16.8. The summed E-state index contributed by atoms with van der Waals surface area (Å²) in [6.45, 7) is 2.38. The Morgan fingerprint density at radius 2 is 1.36 bits per heavy atom. The lowest BCUT2D eigenvalue weighted by Gasteiger charge is -2.41. The minimum Gasteiger partial charge on any atom is -0.368 e. The van der Waals surface area contributed by atoms with Crippen molar-refractivity contribution in [2.24, 2.45) is 5.92 Å². The topological polar surface area (TPSA) is 50.1 Å². The number of rotatable bonds is 7. The number of anilines is 2. The first kappa shape index (κ1) is 31.6. The normalized spacial score (nSPS) is 16.7. The Morgan fingerprint density at radius 1 is 0.660 bits per heavy atom. The smallest absolute Gasteiger partial charge is 0.368 e. The minimum atomic E-state index is -4.37. The third-order valence-electron chi connectivity index (χ3n) is 9.95. The monoisotopic (exact) mass is 668 g/mol. The van der Waals surface area contributed by atoms with Crippen LogP contribution < -0.4 is 9.80 Å². The molecule has 1 aliphatic heterocycles. The first-order valence-corrected chi connectivity index (χ1v) is 16.8. The van der Waals surface area contributed by atoms with Crippen molar-refractivity contribution in [3.05, 3.63) is 163 Å². The fraction of sp³-hybridized carbons (Fsp3) is 0.195. The number of aromatic nitrogens is 4. The molecule has 1 unspecified atom stereocenters. The summed E-state index contributed by atoms with van der Waals surface area (Å²) < 4.78 is 42.2. The average Bonchev–Trinajstić information content (AvgIpc) is 3.66. The number of halogens is 3. The van der Waals surface area contributed by atoms with Gasteiger partial charge in [-0.3, -0.25) is 4.68 Å². The van der Waals surface area contributed by atoms with E-state index in [1.165, 1.54) is 12.1 Å². The van der Waals surface area contributed by atoms with Crippen LogP contribution in [0.3, 0.4) is 0 Å². The number of alkyl halides is 3. The molecular formula is C41H35F3N6. The van der Waals surface area contributed by atoms with E-state index in [2.05, 4.69) is 106 Å². The SMILES string of the molecule is FC(F)(F)c1cccc(N2CCN(c3ncnc4ccc(-c5cnn(C(c6ccccc6)(c6ccccc6)C6C=CC=CC6)c5)cc34)CC2)c1. The van der Waals surface area contributed by atoms with E-state index in [1.807, 2.05) is 29.3 Å². The summed E-state index contributed by atoms with van der Waals surface area (Å²) in [5, 5.41) is 6.00. The van der Waals surface area contributed by atoms with E-state index in [0.29, 0.717) is 31.9 Å². The Balaban J connectivity index is 1.14. The molecule has 2 aliphatic rings. The molecule has 50 heavy (non-hydrogen) atoms. The Labute approximate surface area is 288 Å². The maximum Gasteiger partial charge on any atom is 0.416 e. The number of allylic oxidation sites excluding steroid dienone is 4. The van der Waals surface area contributed by atoms with E-state index in [9.17, 15) is 13.2 Å². The Hall–Kier alpha value is -5.70. The van der Waals surface area contributed by atoms with Gasteiger partial charge in [0.05, 0.1) is 17.3 Å². The summed E-state index contributed by atoms with van der Waals surface area (Å²) >= 11 is 0. The van der Waals surface area contributed by atoms with Crippen molar-refractivity contribution in [3.63, 3.8) is 0 Å². The highest BCUT2D eigenvalue weighted by atomic mass is 19.4. The summed E-state index contributed by atoms with van der Waals surface area (Å²) in [4.78, 5) is 13.5. The average molecular weight is 669 g/mol. The first-order chi connectivity index (χ1) is 24.4. The van der Waals surface area contributed by atoms with E-state index >= 15 is 0 Å². The Bertz CT molecular complexity index is 2130. The lowest BCUT2D eigenvalue weighted by atomic mass is 9.70. The van der Waals surface area contributed by atoms with Crippen LogP contribution in [0.5, 0.6) is 0 Å². The number of hydrogen-bond acceptors (Lipinski definition) is 5. The lowest BCUT2D eigenvalue weighted by molar-refractivity contribution is -0.137. The molecule has 0 N–H and O–H groups in total. The van der Waals surface area contributed by atoms with Crippen molar-refractivity contribution in [2.45, 2.75) is 18.1 Å². The highest BCUT2D eigenvalue weighted by Crippen LogP contribution is 2.45. The molecule has 3 heterocycles. The van der Waals surface area contributed by atoms with Gasteiger partial charge in [0.25, 0.3) is 0 Å². The molecule has 0 bridgehead atoms. The van der Waals surface area contributed by atoms with E-state index < -0.39 is 17.3 Å². The zero-order chi connectivity index (χ0) is 34.1. The molecule has 0 spiro atoms. The molecule has 4 aromatic carbocycles. The standard InChI is InChI=1S/C41H35F3N6/c42-41(43,44)35-17-10-18-36(26-35)48-21-23-49(24-22-48)39-37-25-30(19-20-38(37)45-29-46-39)31-27-47-50(28-31)40(32-11-4-1-5-12-32,33-13-6-2-7-14-33)34-15-8-3-9-16-34/h1-15,17-20,25-29,34H,16,21-24H2. The molecule has 9 heteroatoms. The van der Waals surface area contributed by atoms with Gasteiger partial charge in [-0.15, -0.1) is 0 Å². The van der Waals surface area contributed by atoms with Gasteiger partial charge in [-0.05, 0) is 53.4 Å². The van der Waals surface area contributed by atoms with Crippen LogP contribution in [0.2, 0.25) is 0 Å². The highest BCUT2D eigenvalue weighted by Gasteiger charge is 2.43. The van der Waals surface area contributed by atoms with Crippen LogP contribution in [0.1, 0.15) is 23.1 Å². The molecular weight excluding hydrogens is 633 g/mol. The van der Waals surface area contributed by atoms with Crippen molar-refractivity contribution < 1.29 is 13.2 Å². The van der Waals surface area contributed by atoms with Gasteiger partial charge >= 0.3 is 6.18 Å². The molecule has 1 fully saturated rings. The highest BCUT2D eigenvalue weighted by molar-refractivity contribution is 5.93. The van der Waals surface area contributed by atoms with Gasteiger partial charge in [0.1, 0.15) is 17.7 Å². The van der Waals surface area contributed by atoms with Gasteiger partial charge in [-0.1, -0.05) is 97.1 Å². The zero-order valence-corrected chi connectivity index (χ0v) is 27.3. The van der Waals surface area contributed by atoms with Gasteiger partial charge < -0.3 is 9.80 Å². The second-order valence-corrected chi connectivity index (χ2v) is 12.8. The molecule has 8 rings (SSSR count). The third-order valence-corrected chi connectivity index (χ3v) is 9.95. The fourth-order valence-electron chi connectivity index (χ4n) is 7.50. The Morgan fingerprint density at radius 3 is 2.04 bits per heavy atom. The van der Waals surface area contributed by atoms with Gasteiger partial charge in [0.2, 0.25) is 0 Å². The Kier molecular flexibility index (Phi) is 8.18. The molecule has 6 nitrogen and oxygen atoms in total. The summed E-state index contributed by atoms with van der Waals surface area (Å²) in [7, 11) is 0. The number of nitrogens with zero attached hydrogens (tertiary/aromatic N) is 6. The predicted octanol–water partition coefficient (Wildman–Crippen LogP) is 8.76. The van der Waals surface area contributed by atoms with Crippen LogP contribution in [-0.2, 0) is 11.7 Å². The van der Waals surface area contributed by atoms with Crippen molar-refractivity contribution in [2.75, 3.05) is 36.0 Å². The predicted molar refractivity (Wildman–Crippen MR) is 192 cm³/mol. The number of hydrogen-bond donors (Lipinski definition) is 0. The molecule has 0 amide bonds.